The molecule has 0 atom stereocenters. The van der Waals surface area contributed by atoms with Crippen LogP contribution in [0.15, 0.2) is 36.9 Å². The third-order valence-electron chi connectivity index (χ3n) is 2.40. The van der Waals surface area contributed by atoms with Gasteiger partial charge in [0.2, 0.25) is 0 Å². The van der Waals surface area contributed by atoms with Crippen molar-refractivity contribution in [3.05, 3.63) is 42.5 Å². The first kappa shape index (κ1) is 12.5. The van der Waals surface area contributed by atoms with Crippen molar-refractivity contribution in [3.63, 3.8) is 0 Å². The molecule has 0 amide bonds. The summed E-state index contributed by atoms with van der Waals surface area (Å²) in [6.07, 6.45) is 5.65. The number of carbonyl (C=O) groups is 1. The van der Waals surface area contributed by atoms with E-state index in [1.54, 1.807) is 0 Å². The Labute approximate surface area is 96.9 Å². The Hall–Kier alpha value is -1.57. The van der Waals surface area contributed by atoms with Crippen LogP contribution in [0.2, 0.25) is 0 Å². The largest absolute Gasteiger partial charge is 0.423 e. The molecule has 1 aromatic carbocycles. The van der Waals surface area contributed by atoms with Gasteiger partial charge in [-0.15, -0.1) is 0 Å². The zero-order valence-electron chi connectivity index (χ0n) is 9.74. The van der Waals surface area contributed by atoms with Crippen LogP contribution < -0.4 is 4.74 Å². The predicted octanol–water partition coefficient (Wildman–Crippen LogP) is 3.51. The van der Waals surface area contributed by atoms with Gasteiger partial charge in [0, 0.05) is 6.08 Å². The van der Waals surface area contributed by atoms with E-state index >= 15 is 0 Å². The highest BCUT2D eigenvalue weighted by molar-refractivity contribution is 5.83. The van der Waals surface area contributed by atoms with E-state index in [2.05, 4.69) is 13.5 Å². The standard InChI is InChI=1S/C14H18O2/c1-3-5-6-9-12-10-7-8-11-13(12)16-14(15)4-2/h4,7-8,10-11H,2-3,5-6,9H2,1H3. The van der Waals surface area contributed by atoms with Crippen molar-refractivity contribution < 1.29 is 9.53 Å². The van der Waals surface area contributed by atoms with Crippen molar-refractivity contribution in [2.45, 2.75) is 32.6 Å². The average molecular weight is 218 g/mol. The molecule has 2 nitrogen and oxygen atoms in total. The fourth-order valence-electron chi connectivity index (χ4n) is 1.53. The number of aryl methyl sites for hydroxylation is 1. The summed E-state index contributed by atoms with van der Waals surface area (Å²) in [5.41, 5.74) is 1.09. The summed E-state index contributed by atoms with van der Waals surface area (Å²) >= 11 is 0. The van der Waals surface area contributed by atoms with Gasteiger partial charge in [0.05, 0.1) is 0 Å². The Bertz CT molecular complexity index is 356. The molecule has 0 heterocycles. The molecule has 0 aliphatic carbocycles. The number of hydrogen-bond donors (Lipinski definition) is 0. The molecule has 0 unspecified atom stereocenters. The minimum absolute atomic E-state index is 0.400. The van der Waals surface area contributed by atoms with E-state index in [0.29, 0.717) is 5.75 Å². The third-order valence-corrected chi connectivity index (χ3v) is 2.40. The van der Waals surface area contributed by atoms with Gasteiger partial charge >= 0.3 is 5.97 Å². The van der Waals surface area contributed by atoms with Crippen LogP contribution in [-0.4, -0.2) is 5.97 Å². The molecule has 1 aromatic rings. The van der Waals surface area contributed by atoms with Crippen molar-refractivity contribution in [1.29, 1.82) is 0 Å². The van der Waals surface area contributed by atoms with Crippen LogP contribution in [0.25, 0.3) is 0 Å². The summed E-state index contributed by atoms with van der Waals surface area (Å²) in [6.45, 7) is 5.56. The smallest absolute Gasteiger partial charge is 0.335 e. The summed E-state index contributed by atoms with van der Waals surface area (Å²) in [4.78, 5) is 11.1. The Morgan fingerprint density at radius 3 is 2.81 bits per heavy atom. The summed E-state index contributed by atoms with van der Waals surface area (Å²) in [7, 11) is 0. The first-order valence-corrected chi connectivity index (χ1v) is 5.70. The fourth-order valence-corrected chi connectivity index (χ4v) is 1.53. The van der Waals surface area contributed by atoms with E-state index in [4.69, 9.17) is 4.74 Å². The number of esters is 1. The maximum atomic E-state index is 11.1. The maximum absolute atomic E-state index is 11.1. The first-order valence-electron chi connectivity index (χ1n) is 5.70. The van der Waals surface area contributed by atoms with Crippen molar-refractivity contribution in [2.75, 3.05) is 0 Å². The quantitative estimate of drug-likeness (QED) is 0.316. The SMILES string of the molecule is C=CC(=O)Oc1ccccc1CCCCC. The Morgan fingerprint density at radius 1 is 1.38 bits per heavy atom. The molecular weight excluding hydrogens is 200 g/mol. The molecule has 2 heteroatoms. The second-order valence-corrected chi connectivity index (χ2v) is 3.69. The van der Waals surface area contributed by atoms with E-state index in [0.717, 1.165) is 18.4 Å². The number of rotatable bonds is 6. The number of ether oxygens (including phenoxy) is 1. The highest BCUT2D eigenvalue weighted by atomic mass is 16.5. The lowest BCUT2D eigenvalue weighted by molar-refractivity contribution is -0.129. The van der Waals surface area contributed by atoms with Gasteiger partial charge in [0.15, 0.2) is 0 Å². The van der Waals surface area contributed by atoms with Crippen molar-refractivity contribution in [3.8, 4) is 5.75 Å². The molecule has 0 saturated heterocycles. The Morgan fingerprint density at radius 2 is 2.12 bits per heavy atom. The van der Waals surface area contributed by atoms with Gasteiger partial charge in [-0.2, -0.15) is 0 Å². The molecule has 0 aliphatic rings. The minimum Gasteiger partial charge on any atom is -0.423 e. The number of para-hydroxylation sites is 1. The van der Waals surface area contributed by atoms with E-state index in [1.807, 2.05) is 24.3 Å². The Kier molecular flexibility index (Phi) is 5.34. The molecule has 0 aromatic heterocycles. The first-order chi connectivity index (χ1) is 7.77. The van der Waals surface area contributed by atoms with Crippen molar-refractivity contribution >= 4 is 5.97 Å². The van der Waals surface area contributed by atoms with Gasteiger partial charge in [-0.25, -0.2) is 4.79 Å². The van der Waals surface area contributed by atoms with Gasteiger partial charge < -0.3 is 4.74 Å². The number of benzene rings is 1. The van der Waals surface area contributed by atoms with Crippen LogP contribution in [-0.2, 0) is 11.2 Å². The van der Waals surface area contributed by atoms with Gasteiger partial charge in [-0.3, -0.25) is 0 Å². The number of hydrogen-bond acceptors (Lipinski definition) is 2. The summed E-state index contributed by atoms with van der Waals surface area (Å²) < 4.78 is 5.17. The second kappa shape index (κ2) is 6.83. The molecule has 0 aliphatic heterocycles. The second-order valence-electron chi connectivity index (χ2n) is 3.69. The van der Waals surface area contributed by atoms with Crippen LogP contribution >= 0.6 is 0 Å². The summed E-state index contributed by atoms with van der Waals surface area (Å²) in [6, 6.07) is 7.66. The predicted molar refractivity (Wildman–Crippen MR) is 65.5 cm³/mol. The van der Waals surface area contributed by atoms with Crippen molar-refractivity contribution in [2.24, 2.45) is 0 Å². The molecule has 0 saturated carbocycles. The molecule has 86 valence electrons. The van der Waals surface area contributed by atoms with Crippen LogP contribution in [0.3, 0.4) is 0 Å². The van der Waals surface area contributed by atoms with Crippen LogP contribution in [0.4, 0.5) is 0 Å². The van der Waals surface area contributed by atoms with Crippen LogP contribution in [0, 0.1) is 0 Å². The molecule has 1 rings (SSSR count). The topological polar surface area (TPSA) is 26.3 Å². The molecule has 0 spiro atoms. The van der Waals surface area contributed by atoms with Gasteiger partial charge in [0.1, 0.15) is 5.75 Å². The van der Waals surface area contributed by atoms with Crippen LogP contribution in [0.1, 0.15) is 31.7 Å². The highest BCUT2D eigenvalue weighted by Gasteiger charge is 2.05. The van der Waals surface area contributed by atoms with E-state index in [1.165, 1.54) is 18.9 Å². The lowest BCUT2D eigenvalue weighted by atomic mass is 10.1. The van der Waals surface area contributed by atoms with E-state index in [-0.39, 0.29) is 0 Å². The van der Waals surface area contributed by atoms with E-state index in [9.17, 15) is 4.79 Å². The average Bonchev–Trinajstić information content (AvgIpc) is 2.31. The third kappa shape index (κ3) is 3.89. The fraction of sp³-hybridized carbons (Fsp3) is 0.357. The highest BCUT2D eigenvalue weighted by Crippen LogP contribution is 2.20. The maximum Gasteiger partial charge on any atom is 0.335 e. The molecule has 16 heavy (non-hydrogen) atoms. The molecule has 0 bridgehead atoms. The summed E-state index contributed by atoms with van der Waals surface area (Å²) in [5, 5.41) is 0. The number of carbonyl (C=O) groups excluding carboxylic acids is 1. The van der Waals surface area contributed by atoms with Gasteiger partial charge in [0.25, 0.3) is 0 Å². The summed E-state index contributed by atoms with van der Waals surface area (Å²) in [5.74, 6) is 0.256. The zero-order valence-corrected chi connectivity index (χ0v) is 9.74. The van der Waals surface area contributed by atoms with Gasteiger partial charge in [-0.1, -0.05) is 44.5 Å². The van der Waals surface area contributed by atoms with Gasteiger partial charge in [-0.05, 0) is 24.5 Å². The Balaban J connectivity index is 2.67. The molecular formula is C14H18O2. The van der Waals surface area contributed by atoms with Crippen LogP contribution in [0.5, 0.6) is 5.75 Å². The molecule has 0 N–H and O–H groups in total. The zero-order chi connectivity index (χ0) is 11.8. The van der Waals surface area contributed by atoms with E-state index < -0.39 is 5.97 Å². The normalized spacial score (nSPS) is 9.81. The lowest BCUT2D eigenvalue weighted by Gasteiger charge is -2.08. The number of unbranched alkanes of at least 4 members (excludes halogenated alkanes) is 2. The minimum atomic E-state index is -0.400. The lowest BCUT2D eigenvalue weighted by Crippen LogP contribution is -2.05. The monoisotopic (exact) mass is 218 g/mol. The van der Waals surface area contributed by atoms with Crippen molar-refractivity contribution in [1.82, 2.24) is 0 Å². The molecule has 0 radical (unpaired) electrons. The molecule has 0 fully saturated rings.